The summed E-state index contributed by atoms with van der Waals surface area (Å²) in [5, 5.41) is 32.6. The lowest BCUT2D eigenvalue weighted by atomic mass is 10.0. The Balaban J connectivity index is 2.75. The zero-order valence-corrected chi connectivity index (χ0v) is 11.4. The molecule has 0 saturated carbocycles. The Morgan fingerprint density at radius 1 is 1.60 bits per heavy atom. The average molecular weight is 279 g/mol. The number of nitro groups is 1. The lowest BCUT2D eigenvalue weighted by molar-refractivity contribution is -0.385. The van der Waals surface area contributed by atoms with Gasteiger partial charge >= 0.3 is 0 Å². The van der Waals surface area contributed by atoms with Crippen LogP contribution in [0, 0.1) is 21.4 Å². The number of aliphatic hydroxyl groups is 1. The first-order valence-corrected chi connectivity index (χ1v) is 6.03. The Hall–Kier alpha value is -2.17. The highest BCUT2D eigenvalue weighted by molar-refractivity contribution is 5.58. The molecule has 0 bridgehead atoms. The number of benzene rings is 1. The average Bonchev–Trinajstić information content (AvgIpc) is 2.42. The second kappa shape index (κ2) is 6.84. The van der Waals surface area contributed by atoms with E-state index in [0.29, 0.717) is 18.7 Å². The van der Waals surface area contributed by atoms with E-state index >= 15 is 0 Å². The molecule has 0 heterocycles. The van der Waals surface area contributed by atoms with Crippen molar-refractivity contribution in [1.82, 2.24) is 0 Å². The Labute approximate surface area is 116 Å². The summed E-state index contributed by atoms with van der Waals surface area (Å²) >= 11 is 0. The molecule has 1 aromatic rings. The van der Waals surface area contributed by atoms with Crippen LogP contribution in [-0.2, 0) is 4.74 Å². The molecule has 0 saturated heterocycles. The van der Waals surface area contributed by atoms with Crippen LogP contribution in [0.5, 0.6) is 0 Å². The van der Waals surface area contributed by atoms with Gasteiger partial charge in [-0.25, -0.2) is 0 Å². The third-order valence-corrected chi connectivity index (χ3v) is 2.83. The van der Waals surface area contributed by atoms with Crippen molar-refractivity contribution in [2.75, 3.05) is 25.6 Å². The van der Waals surface area contributed by atoms with E-state index in [2.05, 4.69) is 5.32 Å². The van der Waals surface area contributed by atoms with Crippen LogP contribution in [0.15, 0.2) is 18.2 Å². The van der Waals surface area contributed by atoms with Crippen LogP contribution < -0.4 is 5.32 Å². The minimum absolute atomic E-state index is 0.0171. The second-order valence-corrected chi connectivity index (χ2v) is 4.69. The first-order valence-electron chi connectivity index (χ1n) is 6.03. The summed E-state index contributed by atoms with van der Waals surface area (Å²) in [6.07, 6.45) is 0.453. The SMILES string of the molecule is COCCC(C)(O)CNc1ccc([N+](=O)[O-])c(C#N)c1. The van der Waals surface area contributed by atoms with Gasteiger partial charge in [0.2, 0.25) is 0 Å². The molecule has 0 aliphatic heterocycles. The van der Waals surface area contributed by atoms with Gasteiger partial charge in [-0.05, 0) is 19.1 Å². The Bertz CT molecular complexity index is 523. The third kappa shape index (κ3) is 4.50. The molecule has 0 aliphatic rings. The highest BCUT2D eigenvalue weighted by Crippen LogP contribution is 2.22. The van der Waals surface area contributed by atoms with E-state index < -0.39 is 10.5 Å². The van der Waals surface area contributed by atoms with E-state index in [1.807, 2.05) is 0 Å². The van der Waals surface area contributed by atoms with Gasteiger partial charge in [-0.2, -0.15) is 5.26 Å². The molecule has 1 atom stereocenters. The fraction of sp³-hybridized carbons (Fsp3) is 0.462. The number of nitro benzene ring substituents is 1. The summed E-state index contributed by atoms with van der Waals surface area (Å²) in [4.78, 5) is 10.1. The smallest absolute Gasteiger partial charge is 0.287 e. The van der Waals surface area contributed by atoms with Crippen molar-refractivity contribution < 1.29 is 14.8 Å². The van der Waals surface area contributed by atoms with Gasteiger partial charge in [-0.15, -0.1) is 0 Å². The molecule has 0 amide bonds. The summed E-state index contributed by atoms with van der Waals surface area (Å²) < 4.78 is 4.90. The highest BCUT2D eigenvalue weighted by atomic mass is 16.6. The number of anilines is 1. The van der Waals surface area contributed by atoms with Gasteiger partial charge in [-0.1, -0.05) is 0 Å². The number of nitrogens with zero attached hydrogens (tertiary/aromatic N) is 2. The van der Waals surface area contributed by atoms with Gasteiger partial charge < -0.3 is 15.2 Å². The van der Waals surface area contributed by atoms with Gasteiger partial charge in [-0.3, -0.25) is 10.1 Å². The molecule has 1 aromatic carbocycles. The summed E-state index contributed by atoms with van der Waals surface area (Å²) in [7, 11) is 1.55. The zero-order chi connectivity index (χ0) is 15.2. The standard InChI is InChI=1S/C13H17N3O4/c1-13(17,5-6-20-2)9-15-11-3-4-12(16(18)19)10(7-11)8-14/h3-4,7,15,17H,5-6,9H2,1-2H3. The van der Waals surface area contributed by atoms with Crippen molar-refractivity contribution in [2.45, 2.75) is 18.9 Å². The monoisotopic (exact) mass is 279 g/mol. The molecule has 0 aromatic heterocycles. The van der Waals surface area contributed by atoms with Gasteiger partial charge in [0.05, 0.1) is 10.5 Å². The van der Waals surface area contributed by atoms with Crippen LogP contribution in [-0.4, -0.2) is 35.9 Å². The molecule has 0 radical (unpaired) electrons. The number of rotatable bonds is 7. The van der Waals surface area contributed by atoms with E-state index in [0.717, 1.165) is 0 Å². The normalized spacial score (nSPS) is 13.3. The van der Waals surface area contributed by atoms with Crippen LogP contribution in [0.2, 0.25) is 0 Å². The van der Waals surface area contributed by atoms with Gasteiger partial charge in [0.15, 0.2) is 0 Å². The summed E-state index contributed by atoms with van der Waals surface area (Å²) in [5.74, 6) is 0. The maximum atomic E-state index is 10.7. The molecule has 7 nitrogen and oxygen atoms in total. The maximum Gasteiger partial charge on any atom is 0.287 e. The van der Waals surface area contributed by atoms with Crippen molar-refractivity contribution in [3.63, 3.8) is 0 Å². The van der Waals surface area contributed by atoms with Crippen LogP contribution in [0.4, 0.5) is 11.4 Å². The lowest BCUT2D eigenvalue weighted by Gasteiger charge is -2.23. The Morgan fingerprint density at radius 2 is 2.30 bits per heavy atom. The van der Waals surface area contributed by atoms with Gasteiger partial charge in [0.25, 0.3) is 5.69 Å². The predicted molar refractivity (Wildman–Crippen MR) is 73.4 cm³/mol. The van der Waals surface area contributed by atoms with Crippen LogP contribution in [0.1, 0.15) is 18.9 Å². The highest BCUT2D eigenvalue weighted by Gasteiger charge is 2.20. The van der Waals surface area contributed by atoms with Crippen molar-refractivity contribution in [1.29, 1.82) is 5.26 Å². The quantitative estimate of drug-likeness (QED) is 0.580. The topological polar surface area (TPSA) is 108 Å². The molecule has 2 N–H and O–H groups in total. The Kier molecular flexibility index (Phi) is 5.43. The molecular weight excluding hydrogens is 262 g/mol. The maximum absolute atomic E-state index is 10.7. The first kappa shape index (κ1) is 15.9. The van der Waals surface area contributed by atoms with E-state index in [1.54, 1.807) is 20.1 Å². The van der Waals surface area contributed by atoms with Gasteiger partial charge in [0.1, 0.15) is 11.6 Å². The van der Waals surface area contributed by atoms with Crippen LogP contribution in [0.3, 0.4) is 0 Å². The molecule has 20 heavy (non-hydrogen) atoms. The second-order valence-electron chi connectivity index (χ2n) is 4.69. The number of nitrogens with one attached hydrogen (secondary N) is 1. The third-order valence-electron chi connectivity index (χ3n) is 2.83. The lowest BCUT2D eigenvalue weighted by Crippen LogP contribution is -2.34. The fourth-order valence-electron chi connectivity index (χ4n) is 1.60. The molecule has 0 fully saturated rings. The summed E-state index contributed by atoms with van der Waals surface area (Å²) in [6, 6.07) is 5.95. The molecular formula is C13H17N3O4. The van der Waals surface area contributed by atoms with E-state index in [4.69, 9.17) is 10.00 Å². The largest absolute Gasteiger partial charge is 0.388 e. The zero-order valence-electron chi connectivity index (χ0n) is 11.4. The van der Waals surface area contributed by atoms with E-state index in [9.17, 15) is 15.2 Å². The Morgan fingerprint density at radius 3 is 2.85 bits per heavy atom. The van der Waals surface area contributed by atoms with Crippen molar-refractivity contribution >= 4 is 11.4 Å². The van der Waals surface area contributed by atoms with Crippen molar-refractivity contribution in [3.8, 4) is 6.07 Å². The molecule has 1 rings (SSSR count). The molecule has 1 unspecified atom stereocenters. The summed E-state index contributed by atoms with van der Waals surface area (Å²) in [5.41, 5.74) is -0.671. The minimum atomic E-state index is -0.968. The predicted octanol–water partition coefficient (Wildman–Crippen LogP) is 1.67. The number of hydrogen-bond acceptors (Lipinski definition) is 6. The van der Waals surface area contributed by atoms with Crippen molar-refractivity contribution in [2.24, 2.45) is 0 Å². The van der Waals surface area contributed by atoms with Crippen molar-refractivity contribution in [3.05, 3.63) is 33.9 Å². The van der Waals surface area contributed by atoms with Crippen LogP contribution >= 0.6 is 0 Å². The van der Waals surface area contributed by atoms with E-state index in [1.165, 1.54) is 18.2 Å². The number of hydrogen-bond donors (Lipinski definition) is 2. The fourth-order valence-corrected chi connectivity index (χ4v) is 1.60. The number of methoxy groups -OCH3 is 1. The van der Waals surface area contributed by atoms with E-state index in [-0.39, 0.29) is 17.8 Å². The van der Waals surface area contributed by atoms with Gasteiger partial charge in [0, 0.05) is 38.4 Å². The minimum Gasteiger partial charge on any atom is -0.388 e. The molecule has 0 spiro atoms. The summed E-state index contributed by atoms with van der Waals surface area (Å²) in [6.45, 7) is 2.34. The molecule has 7 heteroatoms. The number of nitriles is 1. The first-order chi connectivity index (χ1) is 9.39. The molecule has 0 aliphatic carbocycles. The van der Waals surface area contributed by atoms with Crippen LogP contribution in [0.25, 0.3) is 0 Å². The molecule has 108 valence electrons. The number of ether oxygens (including phenoxy) is 1.